The Morgan fingerprint density at radius 3 is 2.63 bits per heavy atom. The number of nitrogens with one attached hydrogen (secondary N) is 1. The van der Waals surface area contributed by atoms with Crippen molar-refractivity contribution in [2.45, 2.75) is 52.6 Å². The number of benzene rings is 1. The molecular formula is C28H32FN5O4. The molecule has 2 heterocycles. The Morgan fingerprint density at radius 2 is 1.95 bits per heavy atom. The molecule has 1 amide bonds. The van der Waals surface area contributed by atoms with E-state index in [0.29, 0.717) is 38.2 Å². The number of fused-ring (bicyclic) bond motifs is 3. The highest BCUT2D eigenvalue weighted by atomic mass is 19.1. The molecule has 1 N–H and O–H groups in total. The van der Waals surface area contributed by atoms with Gasteiger partial charge in [0.1, 0.15) is 23.1 Å². The van der Waals surface area contributed by atoms with Crippen LogP contribution in [0.5, 0.6) is 0 Å². The fraction of sp³-hybridized carbons (Fsp3) is 0.393. The normalized spacial score (nSPS) is 11.4. The van der Waals surface area contributed by atoms with Gasteiger partial charge in [-0.25, -0.2) is 19.2 Å². The number of rotatable bonds is 7. The number of anilines is 1. The lowest BCUT2D eigenvalue weighted by atomic mass is 10.1. The summed E-state index contributed by atoms with van der Waals surface area (Å²) in [5.41, 5.74) is 5.27. The molecule has 0 aliphatic heterocycles. The number of aromatic nitrogens is 3. The van der Waals surface area contributed by atoms with Gasteiger partial charge in [0.25, 0.3) is 0 Å². The average Bonchev–Trinajstić information content (AvgIpc) is 3.18. The molecule has 1 aromatic carbocycles. The third-order valence-corrected chi connectivity index (χ3v) is 5.65. The Kier molecular flexibility index (Phi) is 9.25. The maximum absolute atomic E-state index is 13.7. The Hall–Kier alpha value is -4.17. The number of pyridine rings is 1. The molecule has 9 nitrogen and oxygen atoms in total. The quantitative estimate of drug-likeness (QED) is 0.352. The Labute approximate surface area is 221 Å². The first kappa shape index (κ1) is 28.4. The lowest BCUT2D eigenvalue weighted by molar-refractivity contribution is -0.191. The summed E-state index contributed by atoms with van der Waals surface area (Å²) in [5, 5.41) is 3.44. The van der Waals surface area contributed by atoms with Crippen molar-refractivity contribution in [2.75, 3.05) is 25.5 Å². The van der Waals surface area contributed by atoms with Gasteiger partial charge in [0.05, 0.1) is 17.0 Å². The molecule has 0 atom stereocenters. The van der Waals surface area contributed by atoms with Crippen LogP contribution in [0.1, 0.15) is 55.4 Å². The minimum Gasteiger partial charge on any atom is -0.444 e. The molecule has 38 heavy (non-hydrogen) atoms. The Bertz CT molecular complexity index is 1330. The number of carbonyl (C=O) groups excluding carboxylic acids is 3. The molecule has 0 unspecified atom stereocenters. The van der Waals surface area contributed by atoms with Crippen molar-refractivity contribution in [1.82, 2.24) is 19.9 Å². The highest BCUT2D eigenvalue weighted by Crippen LogP contribution is 2.38. The Balaban J connectivity index is 0.00000127. The fourth-order valence-corrected chi connectivity index (χ4v) is 4.10. The molecule has 10 heteroatoms. The zero-order chi connectivity index (χ0) is 27.9. The van der Waals surface area contributed by atoms with Gasteiger partial charge in [0.2, 0.25) is 0 Å². The van der Waals surface area contributed by atoms with Gasteiger partial charge >= 0.3 is 12.2 Å². The summed E-state index contributed by atoms with van der Waals surface area (Å²) in [6, 6.07) is 8.64. The summed E-state index contributed by atoms with van der Waals surface area (Å²) in [4.78, 5) is 44.3. The molecule has 4 rings (SSSR count). The number of hydrogen-bond donors (Lipinski definition) is 1. The van der Waals surface area contributed by atoms with Gasteiger partial charge in [-0.1, -0.05) is 18.2 Å². The van der Waals surface area contributed by atoms with Crippen molar-refractivity contribution in [3.05, 3.63) is 70.6 Å². The molecule has 0 bridgehead atoms. The van der Waals surface area contributed by atoms with E-state index in [9.17, 15) is 9.18 Å². The molecular weight excluding hydrogens is 489 g/mol. The van der Waals surface area contributed by atoms with E-state index in [0.717, 1.165) is 39.5 Å². The summed E-state index contributed by atoms with van der Waals surface area (Å²) in [7, 11) is 1.73. The first-order valence-electron chi connectivity index (χ1n) is 12.3. The van der Waals surface area contributed by atoms with Gasteiger partial charge in [-0.05, 0) is 62.9 Å². The largest absolute Gasteiger partial charge is 0.444 e. The van der Waals surface area contributed by atoms with Gasteiger partial charge in [0.15, 0.2) is 0 Å². The summed E-state index contributed by atoms with van der Waals surface area (Å²) < 4.78 is 19.1. The van der Waals surface area contributed by atoms with Crippen LogP contribution in [-0.4, -0.2) is 57.8 Å². The van der Waals surface area contributed by atoms with Crippen molar-refractivity contribution >= 4 is 18.1 Å². The van der Waals surface area contributed by atoms with Crippen LogP contribution in [0, 0.1) is 12.7 Å². The molecule has 200 valence electrons. The van der Waals surface area contributed by atoms with Gasteiger partial charge in [0, 0.05) is 39.2 Å². The minimum atomic E-state index is -0.526. The van der Waals surface area contributed by atoms with Gasteiger partial charge in [-0.15, -0.1) is 0 Å². The number of halogens is 1. The number of nitrogens with zero attached hydrogens (tertiary/aromatic N) is 4. The molecule has 0 spiro atoms. The first-order chi connectivity index (χ1) is 18.0. The van der Waals surface area contributed by atoms with Crippen LogP contribution in [-0.2, 0) is 27.2 Å². The maximum Gasteiger partial charge on any atom is 0.410 e. The van der Waals surface area contributed by atoms with Crippen molar-refractivity contribution in [1.29, 1.82) is 0 Å². The van der Waals surface area contributed by atoms with E-state index in [4.69, 9.17) is 24.3 Å². The standard InChI is InChI=1S/C27H32FN5O2.CO2/c1-17-12-19-15-21-23(24(19)30-16-17)25(29-10-7-11-33(5)26(34)35-27(2,3)4)32-22(31-21)14-18-8-6-9-20(28)13-18;2-1-3/h6,8-9,12-13,16H,7,10-11,14-15H2,1-5H3,(H,29,31,32);. The number of hydrogen-bond acceptors (Lipinski definition) is 8. The summed E-state index contributed by atoms with van der Waals surface area (Å²) in [6.45, 7) is 8.73. The van der Waals surface area contributed by atoms with Crippen LogP contribution in [0.3, 0.4) is 0 Å². The van der Waals surface area contributed by atoms with Crippen molar-refractivity contribution in [3.63, 3.8) is 0 Å². The Morgan fingerprint density at radius 1 is 1.21 bits per heavy atom. The van der Waals surface area contributed by atoms with Crippen molar-refractivity contribution < 1.29 is 23.5 Å². The van der Waals surface area contributed by atoms with Crippen LogP contribution < -0.4 is 5.32 Å². The number of ether oxygens (including phenoxy) is 1. The summed E-state index contributed by atoms with van der Waals surface area (Å²) >= 11 is 0. The highest BCUT2D eigenvalue weighted by molar-refractivity contribution is 5.81. The monoisotopic (exact) mass is 521 g/mol. The molecule has 0 saturated carbocycles. The molecule has 0 fully saturated rings. The number of amides is 1. The highest BCUT2D eigenvalue weighted by Gasteiger charge is 2.27. The fourth-order valence-electron chi connectivity index (χ4n) is 4.10. The van der Waals surface area contributed by atoms with E-state index in [2.05, 4.69) is 16.4 Å². The topological polar surface area (TPSA) is 114 Å². The van der Waals surface area contributed by atoms with Crippen molar-refractivity contribution in [2.24, 2.45) is 0 Å². The minimum absolute atomic E-state index is 0.250. The summed E-state index contributed by atoms with van der Waals surface area (Å²) in [6.07, 6.45) is 3.60. The second-order valence-electron chi connectivity index (χ2n) is 10.1. The molecule has 1 aliphatic carbocycles. The lowest BCUT2D eigenvalue weighted by Gasteiger charge is -2.24. The van der Waals surface area contributed by atoms with E-state index in [1.54, 1.807) is 18.0 Å². The van der Waals surface area contributed by atoms with Gasteiger partial charge < -0.3 is 15.0 Å². The van der Waals surface area contributed by atoms with Gasteiger partial charge in [-0.3, -0.25) is 4.98 Å². The number of aryl methyl sites for hydroxylation is 1. The maximum atomic E-state index is 13.7. The van der Waals surface area contributed by atoms with Crippen LogP contribution in [0.15, 0.2) is 36.5 Å². The molecule has 0 radical (unpaired) electrons. The third kappa shape index (κ3) is 7.66. The average molecular weight is 522 g/mol. The second kappa shape index (κ2) is 12.4. The third-order valence-electron chi connectivity index (χ3n) is 5.65. The smallest absolute Gasteiger partial charge is 0.410 e. The van der Waals surface area contributed by atoms with E-state index >= 15 is 0 Å². The van der Waals surface area contributed by atoms with E-state index in [1.807, 2.05) is 40.0 Å². The van der Waals surface area contributed by atoms with Crippen LogP contribution in [0.4, 0.5) is 15.0 Å². The summed E-state index contributed by atoms with van der Waals surface area (Å²) in [5.74, 6) is 1.08. The van der Waals surface area contributed by atoms with E-state index in [-0.39, 0.29) is 18.1 Å². The first-order valence-corrected chi connectivity index (χ1v) is 12.3. The van der Waals surface area contributed by atoms with Crippen LogP contribution >= 0.6 is 0 Å². The molecule has 3 aromatic rings. The van der Waals surface area contributed by atoms with E-state index in [1.165, 1.54) is 12.1 Å². The zero-order valence-electron chi connectivity index (χ0n) is 22.3. The van der Waals surface area contributed by atoms with Crippen LogP contribution in [0.2, 0.25) is 0 Å². The van der Waals surface area contributed by atoms with Crippen molar-refractivity contribution in [3.8, 4) is 11.3 Å². The zero-order valence-corrected chi connectivity index (χ0v) is 22.3. The predicted molar refractivity (Wildman–Crippen MR) is 139 cm³/mol. The molecule has 0 saturated heterocycles. The van der Waals surface area contributed by atoms with E-state index < -0.39 is 5.60 Å². The number of carbonyl (C=O) groups is 1. The predicted octanol–water partition coefficient (Wildman–Crippen LogP) is 4.57. The van der Waals surface area contributed by atoms with Gasteiger partial charge in [-0.2, -0.15) is 9.59 Å². The molecule has 1 aliphatic rings. The lowest BCUT2D eigenvalue weighted by Crippen LogP contribution is -2.35. The van der Waals surface area contributed by atoms with Crippen LogP contribution in [0.25, 0.3) is 11.3 Å². The SMILES string of the molecule is Cc1cnc2c(c1)Cc1nc(Cc3cccc(F)c3)nc(NCCCN(C)C(=O)OC(C)(C)C)c1-2.O=C=O. The second-order valence-corrected chi connectivity index (χ2v) is 10.1. The molecule has 2 aromatic heterocycles.